The van der Waals surface area contributed by atoms with Gasteiger partial charge in [-0.3, -0.25) is 10.5 Å². The van der Waals surface area contributed by atoms with Gasteiger partial charge in [0.25, 0.3) is 0 Å². The normalized spacial score (nSPS) is 12.7. The molecule has 17 heavy (non-hydrogen) atoms. The van der Waals surface area contributed by atoms with Crippen molar-refractivity contribution >= 4 is 27.5 Å². The Morgan fingerprint density at radius 2 is 2.24 bits per heavy atom. The first-order valence-electron chi connectivity index (χ1n) is 5.02. The molecular weight excluding hydrogens is 304 g/mol. The molecule has 90 valence electrons. The number of hydrazine groups is 1. The Balaban J connectivity index is 2.45. The van der Waals surface area contributed by atoms with E-state index in [2.05, 4.69) is 26.5 Å². The van der Waals surface area contributed by atoms with E-state index in [4.69, 9.17) is 17.4 Å². The lowest BCUT2D eigenvalue weighted by Crippen LogP contribution is -2.30. The number of nitrogens with two attached hydrogens (primary N) is 1. The van der Waals surface area contributed by atoms with Gasteiger partial charge in [0.2, 0.25) is 0 Å². The minimum Gasteiger partial charge on any atom is -0.271 e. The predicted molar refractivity (Wildman–Crippen MR) is 71.5 cm³/mol. The van der Waals surface area contributed by atoms with Gasteiger partial charge in [-0.25, -0.2) is 5.43 Å². The molecule has 6 heteroatoms. The second kappa shape index (κ2) is 5.18. The quantitative estimate of drug-likeness (QED) is 0.675. The van der Waals surface area contributed by atoms with Gasteiger partial charge in [-0.15, -0.1) is 0 Å². The van der Waals surface area contributed by atoms with E-state index >= 15 is 0 Å². The molecule has 0 aliphatic heterocycles. The Labute approximate surface area is 113 Å². The van der Waals surface area contributed by atoms with Crippen LogP contribution in [-0.2, 0) is 7.05 Å². The first-order valence-corrected chi connectivity index (χ1v) is 6.19. The summed E-state index contributed by atoms with van der Waals surface area (Å²) in [5.41, 5.74) is 4.73. The van der Waals surface area contributed by atoms with Crippen molar-refractivity contribution in [2.24, 2.45) is 12.9 Å². The molecule has 1 atom stereocenters. The van der Waals surface area contributed by atoms with E-state index in [0.29, 0.717) is 5.02 Å². The number of hydrogen-bond acceptors (Lipinski definition) is 3. The Morgan fingerprint density at radius 3 is 2.76 bits per heavy atom. The molecule has 0 bridgehead atoms. The molecule has 0 radical (unpaired) electrons. The molecule has 0 aliphatic rings. The maximum absolute atomic E-state index is 6.03. The van der Waals surface area contributed by atoms with E-state index in [0.717, 1.165) is 15.7 Å². The van der Waals surface area contributed by atoms with Gasteiger partial charge >= 0.3 is 0 Å². The highest BCUT2D eigenvalue weighted by Gasteiger charge is 2.16. The predicted octanol–water partition coefficient (Wildman–Crippen LogP) is 2.39. The van der Waals surface area contributed by atoms with E-state index < -0.39 is 0 Å². The summed E-state index contributed by atoms with van der Waals surface area (Å²) in [4.78, 5) is 0. The Kier molecular flexibility index (Phi) is 3.83. The zero-order valence-electron chi connectivity index (χ0n) is 9.19. The number of aromatic nitrogens is 2. The van der Waals surface area contributed by atoms with Crippen LogP contribution in [0, 0.1) is 0 Å². The summed E-state index contributed by atoms with van der Waals surface area (Å²) in [6, 6.07) is 7.46. The molecule has 4 nitrogen and oxygen atoms in total. The monoisotopic (exact) mass is 314 g/mol. The second-order valence-corrected chi connectivity index (χ2v) is 5.03. The van der Waals surface area contributed by atoms with Crippen molar-refractivity contribution in [2.75, 3.05) is 0 Å². The first kappa shape index (κ1) is 12.6. The van der Waals surface area contributed by atoms with E-state index in [1.165, 1.54) is 0 Å². The number of aryl methyl sites for hydroxylation is 1. The summed E-state index contributed by atoms with van der Waals surface area (Å²) < 4.78 is 2.70. The summed E-state index contributed by atoms with van der Waals surface area (Å²) in [7, 11) is 1.87. The Bertz CT molecular complexity index is 506. The third-order valence-corrected chi connectivity index (χ3v) is 3.22. The molecule has 0 amide bonds. The molecule has 2 rings (SSSR count). The van der Waals surface area contributed by atoms with Crippen molar-refractivity contribution in [3.05, 3.63) is 51.2 Å². The van der Waals surface area contributed by atoms with Crippen LogP contribution >= 0.6 is 27.5 Å². The summed E-state index contributed by atoms with van der Waals surface area (Å²) >= 11 is 9.45. The van der Waals surface area contributed by atoms with Crippen molar-refractivity contribution in [3.63, 3.8) is 0 Å². The molecule has 1 heterocycles. The van der Waals surface area contributed by atoms with Crippen molar-refractivity contribution in [1.29, 1.82) is 0 Å². The number of halogens is 2. The highest BCUT2D eigenvalue weighted by molar-refractivity contribution is 9.10. The Morgan fingerprint density at radius 1 is 1.47 bits per heavy atom. The van der Waals surface area contributed by atoms with Gasteiger partial charge in [0, 0.05) is 22.7 Å². The molecule has 1 aromatic carbocycles. The third-order valence-electron chi connectivity index (χ3n) is 2.54. The van der Waals surface area contributed by atoms with Crippen molar-refractivity contribution in [3.8, 4) is 0 Å². The highest BCUT2D eigenvalue weighted by atomic mass is 79.9. The second-order valence-electron chi connectivity index (χ2n) is 3.68. The zero-order chi connectivity index (χ0) is 12.4. The summed E-state index contributed by atoms with van der Waals surface area (Å²) in [6.45, 7) is 0. The summed E-state index contributed by atoms with van der Waals surface area (Å²) in [5, 5.41) is 4.80. The molecule has 0 aliphatic carbocycles. The van der Waals surface area contributed by atoms with Crippen LogP contribution in [-0.4, -0.2) is 9.78 Å². The van der Waals surface area contributed by atoms with Gasteiger partial charge in [-0.1, -0.05) is 27.5 Å². The largest absolute Gasteiger partial charge is 0.271 e. The third kappa shape index (κ3) is 2.69. The minimum absolute atomic E-state index is 0.141. The average molecular weight is 316 g/mol. The number of nitrogens with one attached hydrogen (secondary N) is 1. The van der Waals surface area contributed by atoms with Gasteiger partial charge in [-0.05, 0) is 29.8 Å². The fourth-order valence-corrected chi connectivity index (χ4v) is 2.65. The first-order chi connectivity index (χ1) is 8.11. The lowest BCUT2D eigenvalue weighted by Gasteiger charge is -2.17. The van der Waals surface area contributed by atoms with Crippen molar-refractivity contribution in [2.45, 2.75) is 6.04 Å². The number of nitrogens with zero attached hydrogens (tertiary/aromatic N) is 2. The van der Waals surface area contributed by atoms with Crippen LogP contribution in [0.25, 0.3) is 0 Å². The Hall–Kier alpha value is -0.880. The van der Waals surface area contributed by atoms with Crippen LogP contribution in [0.5, 0.6) is 0 Å². The van der Waals surface area contributed by atoms with Crippen LogP contribution in [0.2, 0.25) is 5.02 Å². The molecule has 3 N–H and O–H groups in total. The standard InChI is InChI=1S/C11H12BrClN4/c1-17-10(2-3-15-17)11(16-14)7-4-8(12)6-9(13)5-7/h2-6,11,16H,14H2,1H3. The van der Waals surface area contributed by atoms with Crippen LogP contribution < -0.4 is 11.3 Å². The molecule has 0 spiro atoms. The minimum atomic E-state index is -0.141. The fraction of sp³-hybridized carbons (Fsp3) is 0.182. The van der Waals surface area contributed by atoms with Gasteiger partial charge in [-0.2, -0.15) is 5.10 Å². The molecule has 0 saturated heterocycles. The molecule has 0 saturated carbocycles. The van der Waals surface area contributed by atoms with E-state index in [9.17, 15) is 0 Å². The highest BCUT2D eigenvalue weighted by Crippen LogP contribution is 2.27. The van der Waals surface area contributed by atoms with Gasteiger partial charge in [0.1, 0.15) is 0 Å². The molecule has 0 fully saturated rings. The zero-order valence-corrected chi connectivity index (χ0v) is 11.5. The van der Waals surface area contributed by atoms with Gasteiger partial charge < -0.3 is 0 Å². The van der Waals surface area contributed by atoms with Crippen LogP contribution in [0.3, 0.4) is 0 Å². The van der Waals surface area contributed by atoms with Crippen LogP contribution in [0.1, 0.15) is 17.3 Å². The molecule has 1 unspecified atom stereocenters. The SMILES string of the molecule is Cn1nccc1C(NN)c1cc(Cl)cc(Br)c1. The van der Waals surface area contributed by atoms with Crippen LogP contribution in [0.4, 0.5) is 0 Å². The van der Waals surface area contributed by atoms with Crippen molar-refractivity contribution < 1.29 is 0 Å². The lowest BCUT2D eigenvalue weighted by molar-refractivity contribution is 0.575. The molecule has 1 aromatic heterocycles. The van der Waals surface area contributed by atoms with Gasteiger partial charge in [0.15, 0.2) is 0 Å². The maximum Gasteiger partial charge on any atom is 0.0879 e. The van der Waals surface area contributed by atoms with E-state index in [-0.39, 0.29) is 6.04 Å². The maximum atomic E-state index is 6.03. The number of rotatable bonds is 3. The number of benzene rings is 1. The summed E-state index contributed by atoms with van der Waals surface area (Å²) in [5.74, 6) is 5.62. The lowest BCUT2D eigenvalue weighted by atomic mass is 10.0. The van der Waals surface area contributed by atoms with E-state index in [1.54, 1.807) is 10.9 Å². The smallest absolute Gasteiger partial charge is 0.0879 e. The van der Waals surface area contributed by atoms with Crippen LogP contribution in [0.15, 0.2) is 34.9 Å². The fourth-order valence-electron chi connectivity index (χ4n) is 1.76. The van der Waals surface area contributed by atoms with E-state index in [1.807, 2.05) is 31.3 Å². The molecule has 2 aromatic rings. The summed E-state index contributed by atoms with van der Waals surface area (Å²) in [6.07, 6.45) is 1.74. The van der Waals surface area contributed by atoms with Crippen molar-refractivity contribution in [1.82, 2.24) is 15.2 Å². The van der Waals surface area contributed by atoms with Gasteiger partial charge in [0.05, 0.1) is 11.7 Å². The topological polar surface area (TPSA) is 55.9 Å². The average Bonchev–Trinajstić information content (AvgIpc) is 2.65. The molecular formula is C11H12BrClN4. The number of hydrogen-bond donors (Lipinski definition) is 2.